The Morgan fingerprint density at radius 3 is 2.73 bits per heavy atom. The molecule has 1 saturated carbocycles. The van der Waals surface area contributed by atoms with Crippen molar-refractivity contribution in [2.45, 2.75) is 45.3 Å². The van der Waals surface area contributed by atoms with E-state index in [1.165, 1.54) is 0 Å². The second kappa shape index (κ2) is 4.19. The van der Waals surface area contributed by atoms with Crippen LogP contribution in [0.15, 0.2) is 12.1 Å². The molecule has 0 saturated heterocycles. The zero-order chi connectivity index (χ0) is 10.8. The highest BCUT2D eigenvalue weighted by atomic mass is 16.5. The molecule has 0 bridgehead atoms. The molecule has 1 aliphatic rings. The van der Waals surface area contributed by atoms with Gasteiger partial charge in [0.2, 0.25) is 0 Å². The van der Waals surface area contributed by atoms with Crippen LogP contribution in [0.3, 0.4) is 0 Å². The second-order valence-corrected chi connectivity index (χ2v) is 4.36. The highest BCUT2D eigenvalue weighted by Gasteiger charge is 2.24. The van der Waals surface area contributed by atoms with Gasteiger partial charge in [0.15, 0.2) is 0 Å². The fourth-order valence-corrected chi connectivity index (χ4v) is 1.45. The van der Waals surface area contributed by atoms with Crippen LogP contribution < -0.4 is 10.5 Å². The Balaban J connectivity index is 2.21. The predicted molar refractivity (Wildman–Crippen MR) is 59.9 cm³/mol. The summed E-state index contributed by atoms with van der Waals surface area (Å²) in [5.41, 5.74) is 7.64. The lowest BCUT2D eigenvalue weighted by Gasteiger charge is -2.12. The van der Waals surface area contributed by atoms with E-state index in [4.69, 9.17) is 10.5 Å². The molecule has 0 unspecified atom stereocenters. The van der Waals surface area contributed by atoms with Crippen LogP contribution >= 0.6 is 0 Å². The van der Waals surface area contributed by atoms with Crippen LogP contribution in [0, 0.1) is 0 Å². The van der Waals surface area contributed by atoms with E-state index in [1.54, 1.807) is 0 Å². The number of pyridine rings is 1. The van der Waals surface area contributed by atoms with Crippen molar-refractivity contribution in [1.82, 2.24) is 4.98 Å². The molecule has 0 amide bonds. The van der Waals surface area contributed by atoms with E-state index in [0.29, 0.717) is 18.6 Å². The molecule has 82 valence electrons. The molecule has 3 nitrogen and oxygen atoms in total. The summed E-state index contributed by atoms with van der Waals surface area (Å²) in [6.07, 6.45) is 2.73. The smallest absolute Gasteiger partial charge is 0.142 e. The molecule has 1 heterocycles. The summed E-state index contributed by atoms with van der Waals surface area (Å²) in [6, 6.07) is 4.03. The molecule has 15 heavy (non-hydrogen) atoms. The molecular formula is C12H18N2O. The third kappa shape index (κ3) is 2.48. The summed E-state index contributed by atoms with van der Waals surface area (Å²) in [4.78, 5) is 4.52. The molecule has 1 aromatic rings. The van der Waals surface area contributed by atoms with E-state index in [9.17, 15) is 0 Å². The lowest BCUT2D eigenvalue weighted by molar-refractivity contribution is 0.298. The van der Waals surface area contributed by atoms with E-state index < -0.39 is 0 Å². The quantitative estimate of drug-likeness (QED) is 0.821. The molecule has 1 aromatic heterocycles. The van der Waals surface area contributed by atoms with Gasteiger partial charge in [0.25, 0.3) is 0 Å². The highest BCUT2D eigenvalue weighted by Crippen LogP contribution is 2.29. The standard InChI is InChI=1S/C12H18N2O/c1-8(2)10-5-6-12(11(7-13)14-10)15-9-3-4-9/h5-6,8-9H,3-4,7,13H2,1-2H3. The van der Waals surface area contributed by atoms with E-state index in [-0.39, 0.29) is 0 Å². The van der Waals surface area contributed by atoms with Gasteiger partial charge in [0.1, 0.15) is 5.75 Å². The zero-order valence-electron chi connectivity index (χ0n) is 9.36. The van der Waals surface area contributed by atoms with Crippen LogP contribution in [0.1, 0.15) is 44.0 Å². The van der Waals surface area contributed by atoms with Crippen LogP contribution in [0.2, 0.25) is 0 Å². The normalized spacial score (nSPS) is 15.7. The number of nitrogens with zero attached hydrogens (tertiary/aromatic N) is 1. The summed E-state index contributed by atoms with van der Waals surface area (Å²) in [6.45, 7) is 4.71. The Hall–Kier alpha value is -1.09. The maximum absolute atomic E-state index is 5.74. The number of ether oxygens (including phenoxy) is 1. The lowest BCUT2D eigenvalue weighted by atomic mass is 10.1. The Morgan fingerprint density at radius 2 is 2.20 bits per heavy atom. The molecule has 1 fully saturated rings. The monoisotopic (exact) mass is 206 g/mol. The predicted octanol–water partition coefficient (Wildman–Crippen LogP) is 2.20. The van der Waals surface area contributed by atoms with Crippen LogP contribution in [0.4, 0.5) is 0 Å². The van der Waals surface area contributed by atoms with Crippen molar-refractivity contribution in [2.75, 3.05) is 0 Å². The maximum Gasteiger partial charge on any atom is 0.142 e. The third-order valence-corrected chi connectivity index (χ3v) is 2.56. The van der Waals surface area contributed by atoms with Crippen molar-refractivity contribution in [3.63, 3.8) is 0 Å². The second-order valence-electron chi connectivity index (χ2n) is 4.36. The van der Waals surface area contributed by atoms with Crippen LogP contribution in [0.25, 0.3) is 0 Å². The fraction of sp³-hybridized carbons (Fsp3) is 0.583. The topological polar surface area (TPSA) is 48.1 Å². The first-order valence-corrected chi connectivity index (χ1v) is 5.57. The maximum atomic E-state index is 5.74. The van der Waals surface area contributed by atoms with Gasteiger partial charge in [-0.25, -0.2) is 0 Å². The lowest BCUT2D eigenvalue weighted by Crippen LogP contribution is -2.08. The van der Waals surface area contributed by atoms with Crippen molar-refractivity contribution >= 4 is 0 Å². The van der Waals surface area contributed by atoms with E-state index in [1.807, 2.05) is 12.1 Å². The first kappa shape index (κ1) is 10.4. The van der Waals surface area contributed by atoms with Gasteiger partial charge in [0, 0.05) is 12.2 Å². The summed E-state index contributed by atoms with van der Waals surface area (Å²) in [5.74, 6) is 1.30. The van der Waals surface area contributed by atoms with Gasteiger partial charge in [-0.15, -0.1) is 0 Å². The minimum Gasteiger partial charge on any atom is -0.488 e. The van der Waals surface area contributed by atoms with E-state index >= 15 is 0 Å². The minimum atomic E-state index is 0.405. The SMILES string of the molecule is CC(C)c1ccc(OC2CC2)c(CN)n1. The van der Waals surface area contributed by atoms with Crippen molar-refractivity contribution in [2.24, 2.45) is 5.73 Å². The molecular weight excluding hydrogens is 188 g/mol. The van der Waals surface area contributed by atoms with Crippen molar-refractivity contribution in [3.8, 4) is 5.75 Å². The van der Waals surface area contributed by atoms with E-state index in [0.717, 1.165) is 30.0 Å². The van der Waals surface area contributed by atoms with Crippen molar-refractivity contribution < 1.29 is 4.74 Å². The Labute approximate surface area is 90.7 Å². The van der Waals surface area contributed by atoms with Gasteiger partial charge in [-0.2, -0.15) is 0 Å². The molecule has 1 aliphatic carbocycles. The van der Waals surface area contributed by atoms with Crippen LogP contribution in [-0.2, 0) is 6.54 Å². The third-order valence-electron chi connectivity index (χ3n) is 2.56. The average molecular weight is 206 g/mol. The molecule has 0 spiro atoms. The number of rotatable bonds is 4. The van der Waals surface area contributed by atoms with Gasteiger partial charge >= 0.3 is 0 Å². The Kier molecular flexibility index (Phi) is 2.91. The minimum absolute atomic E-state index is 0.405. The summed E-state index contributed by atoms with van der Waals surface area (Å²) >= 11 is 0. The summed E-state index contributed by atoms with van der Waals surface area (Å²) in [5, 5.41) is 0. The summed E-state index contributed by atoms with van der Waals surface area (Å²) < 4.78 is 5.74. The number of aromatic nitrogens is 1. The largest absolute Gasteiger partial charge is 0.488 e. The van der Waals surface area contributed by atoms with Crippen LogP contribution in [-0.4, -0.2) is 11.1 Å². The Morgan fingerprint density at radius 1 is 1.47 bits per heavy atom. The molecule has 3 heteroatoms. The molecule has 2 N–H and O–H groups in total. The van der Waals surface area contributed by atoms with E-state index in [2.05, 4.69) is 18.8 Å². The number of nitrogens with two attached hydrogens (primary N) is 1. The zero-order valence-corrected chi connectivity index (χ0v) is 9.36. The number of hydrogen-bond acceptors (Lipinski definition) is 3. The highest BCUT2D eigenvalue weighted by molar-refractivity contribution is 5.30. The molecule has 0 atom stereocenters. The number of hydrogen-bond donors (Lipinski definition) is 1. The first-order chi connectivity index (χ1) is 7.20. The van der Waals surface area contributed by atoms with Gasteiger partial charge in [-0.05, 0) is 30.9 Å². The van der Waals surface area contributed by atoms with Gasteiger partial charge in [-0.3, -0.25) is 4.98 Å². The van der Waals surface area contributed by atoms with Crippen LogP contribution in [0.5, 0.6) is 5.75 Å². The van der Waals surface area contributed by atoms with Gasteiger partial charge in [0.05, 0.1) is 11.8 Å². The Bertz CT molecular complexity index is 345. The van der Waals surface area contributed by atoms with Gasteiger partial charge in [-0.1, -0.05) is 13.8 Å². The molecule has 0 aliphatic heterocycles. The summed E-state index contributed by atoms with van der Waals surface area (Å²) in [7, 11) is 0. The van der Waals surface area contributed by atoms with Crippen molar-refractivity contribution in [1.29, 1.82) is 0 Å². The van der Waals surface area contributed by atoms with Crippen molar-refractivity contribution in [3.05, 3.63) is 23.5 Å². The molecule has 0 aromatic carbocycles. The average Bonchev–Trinajstić information content (AvgIpc) is 3.02. The first-order valence-electron chi connectivity index (χ1n) is 5.57. The molecule has 0 radical (unpaired) electrons. The fourth-order valence-electron chi connectivity index (χ4n) is 1.45. The molecule has 2 rings (SSSR count). The van der Waals surface area contributed by atoms with Gasteiger partial charge < -0.3 is 10.5 Å².